The van der Waals surface area contributed by atoms with Crippen LogP contribution in [0.4, 0.5) is 0 Å². The molecule has 1 aliphatic heterocycles. The van der Waals surface area contributed by atoms with Gasteiger partial charge in [0.15, 0.2) is 0 Å². The van der Waals surface area contributed by atoms with E-state index in [1.807, 2.05) is 20.8 Å². The van der Waals surface area contributed by atoms with Crippen molar-refractivity contribution in [1.82, 2.24) is 10.2 Å². The number of carbonyl (C=O) groups is 3. The molecule has 6 nitrogen and oxygen atoms in total. The standard InChI is InChI=1S/C18H30N2O4/c1-18(2,3)20-11-13(9-15(20)21)16(22)19-10-12-7-5-6-8-14(12)17(23)24-4/h12-14H,5-11H2,1-4H3,(H,19,22). The number of nitrogens with zero attached hydrogens (tertiary/aromatic N) is 1. The van der Waals surface area contributed by atoms with Crippen molar-refractivity contribution in [2.24, 2.45) is 17.8 Å². The molecule has 2 amide bonds. The smallest absolute Gasteiger partial charge is 0.309 e. The summed E-state index contributed by atoms with van der Waals surface area (Å²) < 4.78 is 4.89. The third-order valence-electron chi connectivity index (χ3n) is 5.26. The molecule has 0 aromatic heterocycles. The summed E-state index contributed by atoms with van der Waals surface area (Å²) in [4.78, 5) is 38.2. The number of likely N-dealkylation sites (tertiary alicyclic amines) is 1. The number of hydrogen-bond acceptors (Lipinski definition) is 4. The van der Waals surface area contributed by atoms with E-state index in [1.54, 1.807) is 4.90 Å². The number of esters is 1. The first kappa shape index (κ1) is 18.7. The van der Waals surface area contributed by atoms with E-state index < -0.39 is 0 Å². The second-order valence-corrected chi connectivity index (χ2v) is 8.00. The first-order valence-corrected chi connectivity index (χ1v) is 8.90. The highest BCUT2D eigenvalue weighted by Crippen LogP contribution is 2.31. The predicted octanol–water partition coefficient (Wildman–Crippen LogP) is 1.73. The van der Waals surface area contributed by atoms with E-state index in [0.29, 0.717) is 13.1 Å². The summed E-state index contributed by atoms with van der Waals surface area (Å²) in [5.74, 6) is -0.510. The monoisotopic (exact) mass is 338 g/mol. The van der Waals surface area contributed by atoms with Gasteiger partial charge in [0, 0.05) is 25.0 Å². The van der Waals surface area contributed by atoms with Gasteiger partial charge >= 0.3 is 5.97 Å². The van der Waals surface area contributed by atoms with Crippen molar-refractivity contribution in [3.05, 3.63) is 0 Å². The quantitative estimate of drug-likeness (QED) is 0.792. The minimum Gasteiger partial charge on any atom is -0.469 e. The Morgan fingerprint density at radius 2 is 1.92 bits per heavy atom. The number of carbonyl (C=O) groups excluding carboxylic acids is 3. The molecule has 1 saturated heterocycles. The van der Waals surface area contributed by atoms with Gasteiger partial charge in [0.1, 0.15) is 0 Å². The Morgan fingerprint density at radius 3 is 2.50 bits per heavy atom. The largest absolute Gasteiger partial charge is 0.469 e. The van der Waals surface area contributed by atoms with Gasteiger partial charge in [-0.1, -0.05) is 12.8 Å². The zero-order valence-corrected chi connectivity index (χ0v) is 15.3. The third kappa shape index (κ3) is 4.28. The van der Waals surface area contributed by atoms with Crippen LogP contribution in [0.3, 0.4) is 0 Å². The normalized spacial score (nSPS) is 27.9. The summed E-state index contributed by atoms with van der Waals surface area (Å²) in [6, 6.07) is 0. The van der Waals surface area contributed by atoms with Crippen LogP contribution >= 0.6 is 0 Å². The van der Waals surface area contributed by atoms with Crippen LogP contribution in [-0.2, 0) is 19.1 Å². The molecule has 2 fully saturated rings. The molecule has 136 valence electrons. The lowest BCUT2D eigenvalue weighted by molar-refractivity contribution is -0.149. The van der Waals surface area contributed by atoms with Crippen molar-refractivity contribution < 1.29 is 19.1 Å². The van der Waals surface area contributed by atoms with Crippen molar-refractivity contribution in [3.8, 4) is 0 Å². The summed E-state index contributed by atoms with van der Waals surface area (Å²) in [7, 11) is 1.41. The average molecular weight is 338 g/mol. The van der Waals surface area contributed by atoms with Gasteiger partial charge in [0.05, 0.1) is 18.9 Å². The second kappa shape index (κ2) is 7.53. The Hall–Kier alpha value is -1.59. The summed E-state index contributed by atoms with van der Waals surface area (Å²) in [5, 5.41) is 2.97. The van der Waals surface area contributed by atoms with E-state index in [2.05, 4.69) is 5.32 Å². The Bertz CT molecular complexity index is 498. The van der Waals surface area contributed by atoms with Gasteiger partial charge in [0.2, 0.25) is 11.8 Å². The first-order chi connectivity index (χ1) is 11.2. The molecule has 1 aliphatic carbocycles. The van der Waals surface area contributed by atoms with Crippen molar-refractivity contribution >= 4 is 17.8 Å². The Kier molecular flexibility index (Phi) is 5.88. The summed E-state index contributed by atoms with van der Waals surface area (Å²) in [5.41, 5.74) is -0.258. The topological polar surface area (TPSA) is 75.7 Å². The molecule has 3 unspecified atom stereocenters. The Labute approximate surface area is 144 Å². The van der Waals surface area contributed by atoms with E-state index in [9.17, 15) is 14.4 Å². The fourth-order valence-electron chi connectivity index (χ4n) is 3.82. The molecule has 3 atom stereocenters. The molecule has 0 radical (unpaired) electrons. The van der Waals surface area contributed by atoms with Crippen molar-refractivity contribution in [2.45, 2.75) is 58.4 Å². The first-order valence-electron chi connectivity index (χ1n) is 8.90. The molecule has 1 saturated carbocycles. The van der Waals surface area contributed by atoms with Gasteiger partial charge in [-0.25, -0.2) is 0 Å². The summed E-state index contributed by atoms with van der Waals surface area (Å²) in [6.45, 7) is 6.90. The van der Waals surface area contributed by atoms with Gasteiger partial charge in [-0.3, -0.25) is 14.4 Å². The maximum absolute atomic E-state index is 12.4. The second-order valence-electron chi connectivity index (χ2n) is 8.00. The number of hydrogen-bond donors (Lipinski definition) is 1. The molecular formula is C18H30N2O4. The zero-order valence-electron chi connectivity index (χ0n) is 15.3. The maximum atomic E-state index is 12.4. The highest BCUT2D eigenvalue weighted by atomic mass is 16.5. The molecular weight excluding hydrogens is 308 g/mol. The van der Waals surface area contributed by atoms with Gasteiger partial charge < -0.3 is 15.0 Å². The van der Waals surface area contributed by atoms with E-state index in [1.165, 1.54) is 7.11 Å². The number of methoxy groups -OCH3 is 1. The van der Waals surface area contributed by atoms with Crippen molar-refractivity contribution in [2.75, 3.05) is 20.2 Å². The molecule has 0 aromatic rings. The fourth-order valence-corrected chi connectivity index (χ4v) is 3.82. The molecule has 1 heterocycles. The lowest BCUT2D eigenvalue weighted by Crippen LogP contribution is -2.44. The maximum Gasteiger partial charge on any atom is 0.309 e. The molecule has 6 heteroatoms. The zero-order chi connectivity index (χ0) is 17.9. The fraction of sp³-hybridized carbons (Fsp3) is 0.833. The highest BCUT2D eigenvalue weighted by molar-refractivity contribution is 5.89. The summed E-state index contributed by atoms with van der Waals surface area (Å²) >= 11 is 0. The molecule has 24 heavy (non-hydrogen) atoms. The van der Waals surface area contributed by atoms with Gasteiger partial charge in [0.25, 0.3) is 0 Å². The molecule has 2 rings (SSSR count). The van der Waals surface area contributed by atoms with E-state index >= 15 is 0 Å². The van der Waals surface area contributed by atoms with Crippen molar-refractivity contribution in [1.29, 1.82) is 0 Å². The minimum absolute atomic E-state index is 0.0350. The van der Waals surface area contributed by atoms with E-state index in [0.717, 1.165) is 25.7 Å². The minimum atomic E-state index is -0.295. The molecule has 0 aromatic carbocycles. The van der Waals surface area contributed by atoms with Crippen LogP contribution in [0.1, 0.15) is 52.9 Å². The van der Waals surface area contributed by atoms with Crippen LogP contribution in [0.5, 0.6) is 0 Å². The van der Waals surface area contributed by atoms with Crippen LogP contribution < -0.4 is 5.32 Å². The lowest BCUT2D eigenvalue weighted by Gasteiger charge is -2.32. The Balaban J connectivity index is 1.89. The highest BCUT2D eigenvalue weighted by Gasteiger charge is 2.40. The molecule has 0 spiro atoms. The van der Waals surface area contributed by atoms with Crippen molar-refractivity contribution in [3.63, 3.8) is 0 Å². The van der Waals surface area contributed by atoms with Crippen LogP contribution in [0.2, 0.25) is 0 Å². The SMILES string of the molecule is COC(=O)C1CCCCC1CNC(=O)C1CC(=O)N(C(C)(C)C)C1. The number of nitrogens with one attached hydrogen (secondary N) is 1. The summed E-state index contributed by atoms with van der Waals surface area (Å²) in [6.07, 6.45) is 4.13. The molecule has 1 N–H and O–H groups in total. The predicted molar refractivity (Wildman–Crippen MR) is 90.0 cm³/mol. The van der Waals surface area contributed by atoms with E-state index in [-0.39, 0.29) is 47.5 Å². The number of ether oxygens (including phenoxy) is 1. The molecule has 2 aliphatic rings. The molecule has 0 bridgehead atoms. The van der Waals surface area contributed by atoms with Gasteiger partial charge in [-0.05, 0) is 39.5 Å². The average Bonchev–Trinajstić information content (AvgIpc) is 2.94. The van der Waals surface area contributed by atoms with Crippen LogP contribution in [-0.4, -0.2) is 48.4 Å². The van der Waals surface area contributed by atoms with Gasteiger partial charge in [-0.15, -0.1) is 0 Å². The number of rotatable bonds is 4. The Morgan fingerprint density at radius 1 is 1.25 bits per heavy atom. The third-order valence-corrected chi connectivity index (χ3v) is 5.26. The van der Waals surface area contributed by atoms with E-state index in [4.69, 9.17) is 4.74 Å². The van der Waals surface area contributed by atoms with Crippen LogP contribution in [0.15, 0.2) is 0 Å². The van der Waals surface area contributed by atoms with Crippen LogP contribution in [0, 0.1) is 17.8 Å². The number of amides is 2. The van der Waals surface area contributed by atoms with Crippen LogP contribution in [0.25, 0.3) is 0 Å². The lowest BCUT2D eigenvalue weighted by atomic mass is 9.79. The van der Waals surface area contributed by atoms with Gasteiger partial charge in [-0.2, -0.15) is 0 Å².